The average Bonchev–Trinajstić information content (AvgIpc) is 3.07. The lowest BCUT2D eigenvalue weighted by atomic mass is 10.1. The number of hydrogen-bond acceptors (Lipinski definition) is 4. The molecule has 3 rings (SSSR count). The normalized spacial score (nSPS) is 14.1. The van der Waals surface area contributed by atoms with E-state index in [2.05, 4.69) is 5.32 Å². The van der Waals surface area contributed by atoms with Crippen LogP contribution < -0.4 is 11.1 Å². The van der Waals surface area contributed by atoms with E-state index in [0.29, 0.717) is 16.7 Å². The second-order valence-corrected chi connectivity index (χ2v) is 8.28. The molecule has 3 N–H and O–H groups in total. The number of nitrogens with zero attached hydrogens (tertiary/aromatic N) is 1. The quantitative estimate of drug-likeness (QED) is 0.578. The summed E-state index contributed by atoms with van der Waals surface area (Å²) in [6.45, 7) is 1.28. The van der Waals surface area contributed by atoms with Gasteiger partial charge in [0.15, 0.2) is 0 Å². The summed E-state index contributed by atoms with van der Waals surface area (Å²) in [5, 5.41) is 2.48. The van der Waals surface area contributed by atoms with Gasteiger partial charge in [-0.1, -0.05) is 35.9 Å². The number of benzene rings is 2. The Labute approximate surface area is 193 Å². The van der Waals surface area contributed by atoms with Crippen molar-refractivity contribution in [1.82, 2.24) is 10.2 Å². The number of carbonyl (C=O) groups is 4. The van der Waals surface area contributed by atoms with Crippen molar-refractivity contribution in [2.24, 2.45) is 5.73 Å². The van der Waals surface area contributed by atoms with Crippen molar-refractivity contribution in [2.45, 2.75) is 44.8 Å². The highest BCUT2D eigenvalue weighted by atomic mass is 35.5. The van der Waals surface area contributed by atoms with Gasteiger partial charge in [-0.3, -0.25) is 14.4 Å². The van der Waals surface area contributed by atoms with Gasteiger partial charge in [0.05, 0.1) is 0 Å². The molecule has 1 unspecified atom stereocenters. The van der Waals surface area contributed by atoms with E-state index in [1.54, 1.807) is 6.07 Å². The standard InChI is InChI=1S/C23H22ClF2N3O4/c1-13(30)2-9-19(20(27)31)29-12-15-10-14(3-8-18(15)21(29)32)11-28-22(33)23(25,26)16-4-6-17(24)7-5-16/h3-8,10,19H,2,9,11-12H2,1H3,(H2,27,31)(H,28,33). The Morgan fingerprint density at radius 3 is 2.45 bits per heavy atom. The van der Waals surface area contributed by atoms with Crippen LogP contribution in [0.25, 0.3) is 0 Å². The zero-order chi connectivity index (χ0) is 24.3. The predicted molar refractivity (Wildman–Crippen MR) is 116 cm³/mol. The molecule has 7 nitrogen and oxygen atoms in total. The Balaban J connectivity index is 1.69. The molecule has 10 heteroatoms. The van der Waals surface area contributed by atoms with E-state index >= 15 is 0 Å². The highest BCUT2D eigenvalue weighted by Gasteiger charge is 2.41. The van der Waals surface area contributed by atoms with E-state index in [0.717, 1.165) is 12.1 Å². The van der Waals surface area contributed by atoms with Crippen LogP contribution in [0.5, 0.6) is 0 Å². The van der Waals surface area contributed by atoms with E-state index in [4.69, 9.17) is 17.3 Å². The maximum Gasteiger partial charge on any atom is 0.349 e. The number of alkyl halides is 2. The van der Waals surface area contributed by atoms with Crippen molar-refractivity contribution in [3.8, 4) is 0 Å². The summed E-state index contributed by atoms with van der Waals surface area (Å²) in [5.41, 5.74) is 6.38. The number of Topliss-reactive ketones (excluding diaryl/α,β-unsaturated/α-hetero) is 1. The zero-order valence-corrected chi connectivity index (χ0v) is 18.5. The summed E-state index contributed by atoms with van der Waals surface area (Å²) in [4.78, 5) is 49.3. The summed E-state index contributed by atoms with van der Waals surface area (Å²) in [5.74, 6) is -6.46. The fourth-order valence-electron chi connectivity index (χ4n) is 3.63. The first kappa shape index (κ1) is 24.3. The van der Waals surface area contributed by atoms with Crippen LogP contribution in [-0.4, -0.2) is 34.4 Å². The molecule has 174 valence electrons. The Bertz CT molecular complexity index is 1110. The topological polar surface area (TPSA) is 110 Å². The third kappa shape index (κ3) is 5.36. The van der Waals surface area contributed by atoms with Crippen LogP contribution in [0.1, 0.15) is 46.8 Å². The lowest BCUT2D eigenvalue weighted by molar-refractivity contribution is -0.147. The second kappa shape index (κ2) is 9.66. The number of rotatable bonds is 9. The van der Waals surface area contributed by atoms with Crippen molar-refractivity contribution >= 4 is 35.1 Å². The Kier molecular flexibility index (Phi) is 7.12. The summed E-state index contributed by atoms with van der Waals surface area (Å²) < 4.78 is 28.9. The van der Waals surface area contributed by atoms with Gasteiger partial charge in [-0.25, -0.2) is 0 Å². The number of fused-ring (bicyclic) bond motifs is 1. The lowest BCUT2D eigenvalue weighted by Gasteiger charge is -2.24. The van der Waals surface area contributed by atoms with Crippen molar-refractivity contribution < 1.29 is 28.0 Å². The van der Waals surface area contributed by atoms with Crippen LogP contribution in [0.4, 0.5) is 8.78 Å². The first-order chi connectivity index (χ1) is 15.5. The van der Waals surface area contributed by atoms with Gasteiger partial charge >= 0.3 is 5.92 Å². The van der Waals surface area contributed by atoms with E-state index in [1.165, 1.54) is 36.1 Å². The van der Waals surface area contributed by atoms with Crippen molar-refractivity contribution in [3.05, 3.63) is 69.7 Å². The Morgan fingerprint density at radius 1 is 1.18 bits per heavy atom. The molecule has 0 spiro atoms. The summed E-state index contributed by atoms with van der Waals surface area (Å²) >= 11 is 5.70. The molecule has 0 saturated carbocycles. The molecule has 3 amide bonds. The summed E-state index contributed by atoms with van der Waals surface area (Å²) in [6.07, 6.45) is 0.222. The van der Waals surface area contributed by atoms with Gasteiger partial charge in [-0.05, 0) is 42.7 Å². The molecular formula is C23H22ClF2N3O4. The molecule has 0 fully saturated rings. The maximum absolute atomic E-state index is 14.4. The highest BCUT2D eigenvalue weighted by Crippen LogP contribution is 2.30. The van der Waals surface area contributed by atoms with E-state index in [1.807, 2.05) is 0 Å². The first-order valence-corrected chi connectivity index (χ1v) is 10.5. The molecule has 0 bridgehead atoms. The molecule has 1 aliphatic heterocycles. The molecule has 0 aliphatic carbocycles. The third-order valence-corrected chi connectivity index (χ3v) is 5.67. The number of carbonyl (C=O) groups excluding carboxylic acids is 4. The van der Waals surface area contributed by atoms with Crippen LogP contribution in [0.15, 0.2) is 42.5 Å². The minimum Gasteiger partial charge on any atom is -0.368 e. The molecular weight excluding hydrogens is 456 g/mol. The van der Waals surface area contributed by atoms with Crippen molar-refractivity contribution in [1.29, 1.82) is 0 Å². The van der Waals surface area contributed by atoms with Gasteiger partial charge in [-0.2, -0.15) is 8.78 Å². The number of halogens is 3. The highest BCUT2D eigenvalue weighted by molar-refractivity contribution is 6.30. The van der Waals surface area contributed by atoms with E-state index in [-0.39, 0.29) is 36.7 Å². The van der Waals surface area contributed by atoms with Gasteiger partial charge in [0.1, 0.15) is 11.8 Å². The van der Waals surface area contributed by atoms with Crippen molar-refractivity contribution in [3.63, 3.8) is 0 Å². The molecule has 33 heavy (non-hydrogen) atoms. The van der Waals surface area contributed by atoms with Crippen LogP contribution in [0.3, 0.4) is 0 Å². The van der Waals surface area contributed by atoms with Gasteiger partial charge in [0.2, 0.25) is 5.91 Å². The zero-order valence-electron chi connectivity index (χ0n) is 17.7. The largest absolute Gasteiger partial charge is 0.368 e. The monoisotopic (exact) mass is 477 g/mol. The van der Waals surface area contributed by atoms with Crippen molar-refractivity contribution in [2.75, 3.05) is 0 Å². The number of amides is 3. The fraction of sp³-hybridized carbons (Fsp3) is 0.304. The fourth-order valence-corrected chi connectivity index (χ4v) is 3.76. The van der Waals surface area contributed by atoms with Crippen LogP contribution >= 0.6 is 11.6 Å². The minimum absolute atomic E-state index is 0.0857. The van der Waals surface area contributed by atoms with Gasteiger partial charge in [0, 0.05) is 35.7 Å². The number of hydrogen-bond donors (Lipinski definition) is 2. The minimum atomic E-state index is -3.75. The van der Waals surface area contributed by atoms with E-state index < -0.39 is 35.2 Å². The Hall–Kier alpha value is -3.33. The third-order valence-electron chi connectivity index (χ3n) is 5.42. The summed E-state index contributed by atoms with van der Waals surface area (Å²) in [6, 6.07) is 8.44. The lowest BCUT2D eigenvalue weighted by Crippen LogP contribution is -2.45. The van der Waals surface area contributed by atoms with Crippen LogP contribution in [-0.2, 0) is 33.4 Å². The molecule has 0 radical (unpaired) electrons. The van der Waals surface area contributed by atoms with Crippen LogP contribution in [0.2, 0.25) is 5.02 Å². The summed E-state index contributed by atoms with van der Waals surface area (Å²) in [7, 11) is 0. The molecule has 0 aromatic heterocycles. The van der Waals surface area contributed by atoms with Gasteiger partial charge in [0.25, 0.3) is 11.8 Å². The van der Waals surface area contributed by atoms with E-state index in [9.17, 15) is 28.0 Å². The smallest absolute Gasteiger partial charge is 0.349 e. The number of nitrogens with two attached hydrogens (primary N) is 1. The maximum atomic E-state index is 14.4. The number of nitrogens with one attached hydrogen (secondary N) is 1. The number of ketones is 1. The molecule has 2 aromatic rings. The Morgan fingerprint density at radius 2 is 1.85 bits per heavy atom. The molecule has 1 heterocycles. The van der Waals surface area contributed by atoms with Crippen LogP contribution in [0, 0.1) is 0 Å². The first-order valence-electron chi connectivity index (χ1n) is 10.1. The van der Waals surface area contributed by atoms with Gasteiger partial charge in [-0.15, -0.1) is 0 Å². The molecule has 1 aliphatic rings. The molecule has 2 aromatic carbocycles. The predicted octanol–water partition coefficient (Wildman–Crippen LogP) is 2.93. The molecule has 1 atom stereocenters. The number of primary amides is 1. The average molecular weight is 478 g/mol. The second-order valence-electron chi connectivity index (χ2n) is 7.85. The SMILES string of the molecule is CC(=O)CCC(C(N)=O)N1Cc2cc(CNC(=O)C(F)(F)c3ccc(Cl)cc3)ccc2C1=O. The molecule has 0 saturated heterocycles. The van der Waals surface area contributed by atoms with Gasteiger partial charge < -0.3 is 20.7 Å².